The highest BCUT2D eigenvalue weighted by Gasteiger charge is 2.27. The number of phosphoric acid groups is 1. The predicted molar refractivity (Wildman–Crippen MR) is 311 cm³/mol. The second kappa shape index (κ2) is 52.4. The SMILES string of the molecule is CC/C=C\C/C=C\C/C=C\C/C=C\C/C=C\CCCC(=O)NC(COP(=O)([O-])OCC[N+](C)(C)C)C(/C=C/CCCCCCCCCCCCC)OC(=O)CCCCCCCCC/C=C\C/C=C\CCCCC. The van der Waals surface area contributed by atoms with Crippen LogP contribution in [0.2, 0.25) is 0 Å². The van der Waals surface area contributed by atoms with E-state index in [9.17, 15) is 19.0 Å². The Labute approximate surface area is 449 Å². The van der Waals surface area contributed by atoms with Crippen LogP contribution in [0.1, 0.15) is 239 Å². The number of ether oxygens (including phenoxy) is 1. The molecule has 3 unspecified atom stereocenters. The summed E-state index contributed by atoms with van der Waals surface area (Å²) in [5, 5.41) is 2.99. The number of carbonyl (C=O) groups excluding carboxylic acids is 2. The average molecular weight is 1040 g/mol. The number of allylic oxidation sites excluding steroid dienone is 15. The second-order valence-electron chi connectivity index (χ2n) is 20.8. The zero-order chi connectivity index (χ0) is 53.6. The summed E-state index contributed by atoms with van der Waals surface area (Å²) in [5.74, 6) is -0.622. The summed E-state index contributed by atoms with van der Waals surface area (Å²) in [5.41, 5.74) is 0. The number of rotatable bonds is 52. The van der Waals surface area contributed by atoms with Crippen LogP contribution in [0.3, 0.4) is 0 Å². The van der Waals surface area contributed by atoms with E-state index in [0.717, 1.165) is 89.9 Å². The minimum Gasteiger partial charge on any atom is -0.756 e. The lowest BCUT2D eigenvalue weighted by Crippen LogP contribution is -2.47. The number of carbonyl (C=O) groups is 2. The Morgan fingerprint density at radius 2 is 0.890 bits per heavy atom. The highest BCUT2D eigenvalue weighted by atomic mass is 31.2. The molecule has 3 atom stereocenters. The van der Waals surface area contributed by atoms with Gasteiger partial charge in [-0.25, -0.2) is 0 Å². The van der Waals surface area contributed by atoms with Crippen molar-refractivity contribution in [1.29, 1.82) is 0 Å². The Morgan fingerprint density at radius 1 is 0.493 bits per heavy atom. The third kappa shape index (κ3) is 53.6. The summed E-state index contributed by atoms with van der Waals surface area (Å²) < 4.78 is 30.2. The number of nitrogens with zero attached hydrogens (tertiary/aromatic N) is 1. The van der Waals surface area contributed by atoms with Gasteiger partial charge in [0, 0.05) is 12.8 Å². The van der Waals surface area contributed by atoms with Gasteiger partial charge >= 0.3 is 5.97 Å². The molecule has 0 aromatic carbocycles. The van der Waals surface area contributed by atoms with E-state index in [-0.39, 0.29) is 31.3 Å². The minimum atomic E-state index is -4.72. The Balaban J connectivity index is 5.46. The van der Waals surface area contributed by atoms with Crippen molar-refractivity contribution in [2.24, 2.45) is 0 Å². The Morgan fingerprint density at radius 3 is 1.37 bits per heavy atom. The van der Waals surface area contributed by atoms with E-state index in [1.807, 2.05) is 33.3 Å². The average Bonchev–Trinajstić information content (AvgIpc) is 3.35. The largest absolute Gasteiger partial charge is 0.756 e. The number of likely N-dealkylation sites (N-methyl/N-ethyl adjacent to an activating group) is 1. The fourth-order valence-corrected chi connectivity index (χ4v) is 8.66. The van der Waals surface area contributed by atoms with E-state index in [4.69, 9.17) is 13.8 Å². The first-order valence-corrected chi connectivity index (χ1v) is 31.0. The molecule has 420 valence electrons. The van der Waals surface area contributed by atoms with Gasteiger partial charge in [-0.1, -0.05) is 221 Å². The van der Waals surface area contributed by atoms with Gasteiger partial charge in [-0.05, 0) is 102 Å². The van der Waals surface area contributed by atoms with Gasteiger partial charge in [0.25, 0.3) is 7.82 Å². The molecule has 1 amide bonds. The molecule has 0 bridgehead atoms. The van der Waals surface area contributed by atoms with Crippen LogP contribution < -0.4 is 10.2 Å². The van der Waals surface area contributed by atoms with Crippen molar-refractivity contribution in [3.05, 3.63) is 97.2 Å². The molecular weight excluding hydrogens is 928 g/mol. The van der Waals surface area contributed by atoms with Crippen LogP contribution in [-0.4, -0.2) is 69.4 Å². The molecule has 9 nitrogen and oxygen atoms in total. The number of unbranched alkanes of at least 4 members (excludes halogenated alkanes) is 22. The summed E-state index contributed by atoms with van der Waals surface area (Å²) >= 11 is 0. The Hall–Kier alpha value is -3.07. The molecule has 0 saturated carbocycles. The van der Waals surface area contributed by atoms with Crippen LogP contribution in [-0.2, 0) is 27.9 Å². The van der Waals surface area contributed by atoms with E-state index in [0.29, 0.717) is 23.9 Å². The number of quaternary nitrogens is 1. The highest BCUT2D eigenvalue weighted by Crippen LogP contribution is 2.38. The lowest BCUT2D eigenvalue weighted by atomic mass is 10.0. The van der Waals surface area contributed by atoms with E-state index in [2.05, 4.69) is 111 Å². The molecule has 0 fully saturated rings. The van der Waals surface area contributed by atoms with Crippen LogP contribution in [0.5, 0.6) is 0 Å². The summed E-state index contributed by atoms with van der Waals surface area (Å²) in [6.45, 7) is 6.64. The Bertz CT molecular complexity index is 1570. The first kappa shape index (κ1) is 69.9. The monoisotopic (exact) mass is 1040 g/mol. The van der Waals surface area contributed by atoms with Gasteiger partial charge in [0.1, 0.15) is 19.3 Å². The molecule has 0 rings (SSSR count). The number of amides is 1. The lowest BCUT2D eigenvalue weighted by molar-refractivity contribution is -0.870. The number of phosphoric ester groups is 1. The third-order valence-electron chi connectivity index (χ3n) is 12.5. The molecule has 1 N–H and O–H groups in total. The standard InChI is InChI=1S/C63H111N2O7P/c1-7-10-13-16-19-22-25-28-30-32-34-37-40-43-46-49-52-55-62(66)64-60(59-71-73(68,69)70-58-57-65(4,5)6)61(54-51-48-45-42-39-36-27-24-21-18-15-12-9-3)72-63(67)56-53-50-47-44-41-38-35-33-31-29-26-23-20-17-14-11-8-2/h10,13,19-20,22-23,28-31,34,37,43,46,51,54,60-61H,7-9,11-12,14-18,21,24-27,32-33,35-36,38-42,44-45,47-50,52-53,55-59H2,1-6H3,(H-,64,66,68,69)/b13-10-,22-19-,23-20-,30-28-,31-29-,37-34-,46-43-,54-51+. The molecule has 0 aliphatic carbocycles. The maximum absolute atomic E-state index is 13.5. The van der Waals surface area contributed by atoms with Gasteiger partial charge in [-0.2, -0.15) is 0 Å². The predicted octanol–water partition coefficient (Wildman–Crippen LogP) is 17.4. The van der Waals surface area contributed by atoms with Gasteiger partial charge in [-0.3, -0.25) is 14.2 Å². The van der Waals surface area contributed by atoms with Crippen molar-refractivity contribution in [3.8, 4) is 0 Å². The van der Waals surface area contributed by atoms with Crippen molar-refractivity contribution in [3.63, 3.8) is 0 Å². The van der Waals surface area contributed by atoms with Crippen LogP contribution in [0, 0.1) is 0 Å². The number of esters is 1. The maximum Gasteiger partial charge on any atom is 0.306 e. The van der Waals surface area contributed by atoms with Crippen LogP contribution >= 0.6 is 7.82 Å². The van der Waals surface area contributed by atoms with Crippen molar-refractivity contribution < 1.29 is 37.3 Å². The molecule has 0 heterocycles. The molecule has 0 aliphatic rings. The summed E-state index contributed by atoms with van der Waals surface area (Å²) in [6.07, 6.45) is 69.5. The van der Waals surface area contributed by atoms with Crippen LogP contribution in [0.15, 0.2) is 97.2 Å². The first-order valence-electron chi connectivity index (χ1n) is 29.5. The smallest absolute Gasteiger partial charge is 0.306 e. The van der Waals surface area contributed by atoms with E-state index in [1.54, 1.807) is 0 Å². The summed E-state index contributed by atoms with van der Waals surface area (Å²) in [6, 6.07) is -0.926. The maximum atomic E-state index is 13.5. The fraction of sp³-hybridized carbons (Fsp3) is 0.714. The third-order valence-corrected chi connectivity index (χ3v) is 13.5. The van der Waals surface area contributed by atoms with Gasteiger partial charge in [0.2, 0.25) is 5.91 Å². The fourth-order valence-electron chi connectivity index (χ4n) is 7.94. The summed E-state index contributed by atoms with van der Waals surface area (Å²) in [4.78, 5) is 39.9. The number of hydrogen-bond acceptors (Lipinski definition) is 7. The van der Waals surface area contributed by atoms with Gasteiger partial charge in [0.05, 0.1) is 33.8 Å². The molecule has 0 spiro atoms. The van der Waals surface area contributed by atoms with Crippen molar-refractivity contribution in [1.82, 2.24) is 5.32 Å². The normalized spacial score (nSPS) is 14.5. The quantitative estimate of drug-likeness (QED) is 0.0212. The highest BCUT2D eigenvalue weighted by molar-refractivity contribution is 7.45. The van der Waals surface area contributed by atoms with Crippen LogP contribution in [0.25, 0.3) is 0 Å². The number of hydrogen-bond donors (Lipinski definition) is 1. The molecule has 0 aliphatic heterocycles. The second-order valence-corrected chi connectivity index (χ2v) is 22.2. The van der Waals surface area contributed by atoms with E-state index in [1.165, 1.54) is 103 Å². The molecule has 73 heavy (non-hydrogen) atoms. The van der Waals surface area contributed by atoms with Gasteiger partial charge in [-0.15, -0.1) is 0 Å². The van der Waals surface area contributed by atoms with Crippen molar-refractivity contribution in [2.45, 2.75) is 251 Å². The zero-order valence-electron chi connectivity index (χ0n) is 47.8. The van der Waals surface area contributed by atoms with E-state index < -0.39 is 26.6 Å². The first-order chi connectivity index (χ1) is 35.4. The molecular formula is C63H111N2O7P. The zero-order valence-corrected chi connectivity index (χ0v) is 48.7. The molecule has 0 aromatic rings. The lowest BCUT2D eigenvalue weighted by Gasteiger charge is -2.30. The van der Waals surface area contributed by atoms with Crippen LogP contribution in [0.4, 0.5) is 0 Å². The molecule has 10 heteroatoms. The van der Waals surface area contributed by atoms with Crippen molar-refractivity contribution in [2.75, 3.05) is 40.9 Å². The van der Waals surface area contributed by atoms with Gasteiger partial charge < -0.3 is 28.5 Å². The summed E-state index contributed by atoms with van der Waals surface area (Å²) in [7, 11) is 1.13. The molecule has 0 radical (unpaired) electrons. The molecule has 0 saturated heterocycles. The number of nitrogens with one attached hydrogen (secondary N) is 1. The topological polar surface area (TPSA) is 114 Å². The van der Waals surface area contributed by atoms with Gasteiger partial charge in [0.15, 0.2) is 0 Å². The van der Waals surface area contributed by atoms with Crippen molar-refractivity contribution >= 4 is 19.7 Å². The molecule has 0 aromatic heterocycles. The minimum absolute atomic E-state index is 0.0386. The Kier molecular flexibility index (Phi) is 50.2. The van der Waals surface area contributed by atoms with E-state index >= 15 is 0 Å².